The van der Waals surface area contributed by atoms with Gasteiger partial charge in [0.1, 0.15) is 9.09 Å². The lowest BCUT2D eigenvalue weighted by atomic mass is 10.3. The molecule has 20 heavy (non-hydrogen) atoms. The number of sulfonamides is 1. The van der Waals surface area contributed by atoms with E-state index in [0.717, 1.165) is 16.2 Å². The summed E-state index contributed by atoms with van der Waals surface area (Å²) in [5.41, 5.74) is 0.477. The summed E-state index contributed by atoms with van der Waals surface area (Å²) < 4.78 is 26.9. The highest BCUT2D eigenvalue weighted by atomic mass is 32.2. The Bertz CT molecular complexity index is 737. The molecule has 0 fully saturated rings. The Hall–Kier alpha value is -1.51. The SMILES string of the molecule is CSc1ccccc1NS(=O)(=O)c1ccc(C(=O)O)s1. The van der Waals surface area contributed by atoms with E-state index in [1.54, 1.807) is 18.2 Å². The quantitative estimate of drug-likeness (QED) is 0.824. The monoisotopic (exact) mass is 329 g/mol. The van der Waals surface area contributed by atoms with Crippen LogP contribution in [0.1, 0.15) is 9.67 Å². The molecule has 2 N–H and O–H groups in total. The van der Waals surface area contributed by atoms with Crippen LogP contribution in [0.25, 0.3) is 0 Å². The maximum atomic E-state index is 12.2. The van der Waals surface area contributed by atoms with Gasteiger partial charge in [-0.05, 0) is 30.5 Å². The van der Waals surface area contributed by atoms with Gasteiger partial charge in [0.05, 0.1) is 5.69 Å². The number of carbonyl (C=O) groups is 1. The molecule has 2 rings (SSSR count). The minimum atomic E-state index is -3.77. The molecule has 106 valence electrons. The molecular weight excluding hydrogens is 318 g/mol. The van der Waals surface area contributed by atoms with Crippen LogP contribution in [0.5, 0.6) is 0 Å². The highest BCUT2D eigenvalue weighted by Crippen LogP contribution is 2.29. The van der Waals surface area contributed by atoms with E-state index in [1.165, 1.54) is 23.9 Å². The number of thiophene rings is 1. The number of nitrogens with one attached hydrogen (secondary N) is 1. The van der Waals surface area contributed by atoms with Crippen molar-refractivity contribution in [1.29, 1.82) is 0 Å². The fraction of sp³-hybridized carbons (Fsp3) is 0.0833. The number of thioether (sulfide) groups is 1. The molecular formula is C12H11NO4S3. The molecule has 0 unspecified atom stereocenters. The van der Waals surface area contributed by atoms with Crippen LogP contribution in [0.15, 0.2) is 45.5 Å². The molecule has 0 bridgehead atoms. The maximum absolute atomic E-state index is 12.2. The Labute approximate surface area is 124 Å². The predicted molar refractivity (Wildman–Crippen MR) is 80.3 cm³/mol. The van der Waals surface area contributed by atoms with Crippen LogP contribution < -0.4 is 4.72 Å². The zero-order chi connectivity index (χ0) is 14.8. The second kappa shape index (κ2) is 5.86. The second-order valence-electron chi connectivity index (χ2n) is 3.73. The van der Waals surface area contributed by atoms with E-state index in [2.05, 4.69) is 4.72 Å². The zero-order valence-electron chi connectivity index (χ0n) is 10.4. The van der Waals surface area contributed by atoms with Gasteiger partial charge in [0.15, 0.2) is 0 Å². The number of hydrogen-bond acceptors (Lipinski definition) is 5. The second-order valence-corrected chi connectivity index (χ2v) is 7.57. The van der Waals surface area contributed by atoms with E-state index in [9.17, 15) is 13.2 Å². The van der Waals surface area contributed by atoms with Gasteiger partial charge in [-0.15, -0.1) is 23.1 Å². The van der Waals surface area contributed by atoms with Crippen LogP contribution >= 0.6 is 23.1 Å². The summed E-state index contributed by atoms with van der Waals surface area (Å²) in [6, 6.07) is 9.58. The third kappa shape index (κ3) is 3.14. The third-order valence-electron chi connectivity index (χ3n) is 2.41. The van der Waals surface area contributed by atoms with E-state index in [0.29, 0.717) is 5.69 Å². The van der Waals surface area contributed by atoms with Gasteiger partial charge >= 0.3 is 5.97 Å². The topological polar surface area (TPSA) is 83.5 Å². The van der Waals surface area contributed by atoms with E-state index in [4.69, 9.17) is 5.11 Å². The Morgan fingerprint density at radius 1 is 1.25 bits per heavy atom. The summed E-state index contributed by atoms with van der Waals surface area (Å²) in [6.45, 7) is 0. The van der Waals surface area contributed by atoms with Crippen molar-refractivity contribution in [2.45, 2.75) is 9.10 Å². The number of rotatable bonds is 5. The van der Waals surface area contributed by atoms with Crippen LogP contribution in [0.2, 0.25) is 0 Å². The largest absolute Gasteiger partial charge is 0.477 e. The molecule has 0 aliphatic rings. The van der Waals surface area contributed by atoms with Crippen LogP contribution in [0.3, 0.4) is 0 Å². The lowest BCUT2D eigenvalue weighted by Crippen LogP contribution is -2.12. The average Bonchev–Trinajstić information content (AvgIpc) is 2.89. The van der Waals surface area contributed by atoms with Crippen molar-refractivity contribution in [1.82, 2.24) is 0 Å². The third-order valence-corrected chi connectivity index (χ3v) is 6.13. The fourth-order valence-electron chi connectivity index (χ4n) is 1.50. The summed E-state index contributed by atoms with van der Waals surface area (Å²) >= 11 is 2.15. The van der Waals surface area contributed by atoms with Crippen LogP contribution in [0.4, 0.5) is 5.69 Å². The summed E-state index contributed by atoms with van der Waals surface area (Å²) in [5.74, 6) is -1.14. The number of benzene rings is 1. The first-order valence-electron chi connectivity index (χ1n) is 5.43. The van der Waals surface area contributed by atoms with Gasteiger partial charge in [-0.1, -0.05) is 12.1 Å². The number of carboxylic acid groups (broad SMARTS) is 1. The first-order chi connectivity index (χ1) is 9.44. The molecule has 8 heteroatoms. The first-order valence-corrected chi connectivity index (χ1v) is 8.95. The van der Waals surface area contributed by atoms with E-state index in [1.807, 2.05) is 12.3 Å². The number of anilines is 1. The Kier molecular flexibility index (Phi) is 4.36. The standard InChI is InChI=1S/C12H11NO4S3/c1-18-9-5-3-2-4-8(9)13-20(16,17)11-7-6-10(19-11)12(14)15/h2-7,13H,1H3,(H,14,15). The van der Waals surface area contributed by atoms with Crippen LogP contribution in [-0.2, 0) is 10.0 Å². The van der Waals surface area contributed by atoms with Gasteiger partial charge in [0.2, 0.25) is 0 Å². The van der Waals surface area contributed by atoms with Crippen LogP contribution in [0, 0.1) is 0 Å². The van der Waals surface area contributed by atoms with Gasteiger partial charge in [0, 0.05) is 4.90 Å². The van der Waals surface area contributed by atoms with Crippen molar-refractivity contribution >= 4 is 44.8 Å². The number of hydrogen-bond donors (Lipinski definition) is 2. The lowest BCUT2D eigenvalue weighted by molar-refractivity contribution is 0.0702. The summed E-state index contributed by atoms with van der Waals surface area (Å²) in [5, 5.41) is 8.83. The molecule has 0 aliphatic carbocycles. The normalized spacial score (nSPS) is 11.2. The number of carboxylic acids is 1. The molecule has 2 aromatic rings. The van der Waals surface area contributed by atoms with Crippen molar-refractivity contribution in [3.05, 3.63) is 41.3 Å². The lowest BCUT2D eigenvalue weighted by Gasteiger charge is -2.09. The highest BCUT2D eigenvalue weighted by Gasteiger charge is 2.20. The van der Waals surface area contributed by atoms with Gasteiger partial charge in [-0.25, -0.2) is 13.2 Å². The van der Waals surface area contributed by atoms with Crippen molar-refractivity contribution in [2.75, 3.05) is 11.0 Å². The molecule has 0 amide bonds. The summed E-state index contributed by atoms with van der Waals surface area (Å²) in [6.07, 6.45) is 1.85. The molecule has 1 aromatic carbocycles. The maximum Gasteiger partial charge on any atom is 0.345 e. The van der Waals surface area contributed by atoms with Gasteiger partial charge in [-0.2, -0.15) is 0 Å². The first kappa shape index (κ1) is 14.9. The van der Waals surface area contributed by atoms with Crippen molar-refractivity contribution < 1.29 is 18.3 Å². The van der Waals surface area contributed by atoms with Gasteiger partial charge < -0.3 is 5.11 Å². The molecule has 0 spiro atoms. The molecule has 1 heterocycles. The number of para-hydroxylation sites is 1. The Morgan fingerprint density at radius 2 is 1.95 bits per heavy atom. The minimum Gasteiger partial charge on any atom is -0.477 e. The zero-order valence-corrected chi connectivity index (χ0v) is 12.8. The van der Waals surface area contributed by atoms with Crippen LogP contribution in [-0.4, -0.2) is 25.7 Å². The Balaban J connectivity index is 2.33. The van der Waals surface area contributed by atoms with E-state index in [-0.39, 0.29) is 9.09 Å². The van der Waals surface area contributed by atoms with Gasteiger partial charge in [-0.3, -0.25) is 4.72 Å². The molecule has 0 saturated carbocycles. The molecule has 1 aromatic heterocycles. The van der Waals surface area contributed by atoms with Gasteiger partial charge in [0.25, 0.3) is 10.0 Å². The molecule has 0 aliphatic heterocycles. The Morgan fingerprint density at radius 3 is 2.55 bits per heavy atom. The van der Waals surface area contributed by atoms with Crippen molar-refractivity contribution in [2.24, 2.45) is 0 Å². The molecule has 0 saturated heterocycles. The molecule has 5 nitrogen and oxygen atoms in total. The summed E-state index contributed by atoms with van der Waals surface area (Å²) in [4.78, 5) is 11.6. The van der Waals surface area contributed by atoms with E-state index >= 15 is 0 Å². The predicted octanol–water partition coefficient (Wildman–Crippen LogP) is 2.97. The molecule has 0 radical (unpaired) electrons. The fourth-order valence-corrected chi connectivity index (χ4v) is 4.35. The van der Waals surface area contributed by atoms with Crippen molar-refractivity contribution in [3.63, 3.8) is 0 Å². The smallest absolute Gasteiger partial charge is 0.345 e. The van der Waals surface area contributed by atoms with E-state index < -0.39 is 16.0 Å². The number of aromatic carboxylic acids is 1. The average molecular weight is 329 g/mol. The minimum absolute atomic E-state index is 0.0106. The highest BCUT2D eigenvalue weighted by molar-refractivity contribution is 7.99. The molecule has 0 atom stereocenters. The van der Waals surface area contributed by atoms with Crippen molar-refractivity contribution in [3.8, 4) is 0 Å². The summed E-state index contributed by atoms with van der Waals surface area (Å²) in [7, 11) is -3.77.